The molecule has 172 valence electrons. The Labute approximate surface area is 195 Å². The van der Waals surface area contributed by atoms with E-state index in [1.54, 1.807) is 22.8 Å². The predicted octanol–water partition coefficient (Wildman–Crippen LogP) is 4.56. The Kier molecular flexibility index (Phi) is 7.04. The van der Waals surface area contributed by atoms with Crippen LogP contribution in [0.2, 0.25) is 0 Å². The van der Waals surface area contributed by atoms with E-state index in [9.17, 15) is 4.79 Å². The normalized spacial score (nSPS) is 19.3. The summed E-state index contributed by atoms with van der Waals surface area (Å²) >= 11 is 0. The largest absolute Gasteiger partial charge is 0.384 e. The lowest BCUT2D eigenvalue weighted by molar-refractivity contribution is 0.106. The van der Waals surface area contributed by atoms with Crippen LogP contribution < -0.4 is 11.3 Å². The molecule has 2 aromatic carbocycles. The quantitative estimate of drug-likeness (QED) is 0.318. The molecule has 1 aromatic heterocycles. The van der Waals surface area contributed by atoms with Crippen molar-refractivity contribution >= 4 is 16.9 Å². The van der Waals surface area contributed by atoms with Gasteiger partial charge in [0.2, 0.25) is 0 Å². The third-order valence-electron chi connectivity index (χ3n) is 6.68. The first-order valence-corrected chi connectivity index (χ1v) is 11.8. The van der Waals surface area contributed by atoms with E-state index < -0.39 is 0 Å². The van der Waals surface area contributed by atoms with Crippen molar-refractivity contribution < 1.29 is 0 Å². The van der Waals surface area contributed by atoms with Crippen molar-refractivity contribution in [3.63, 3.8) is 0 Å². The van der Waals surface area contributed by atoms with Gasteiger partial charge in [0.1, 0.15) is 11.5 Å². The minimum Gasteiger partial charge on any atom is -0.384 e. The molecule has 1 aliphatic heterocycles. The van der Waals surface area contributed by atoms with Crippen LogP contribution in [0, 0.1) is 5.41 Å². The number of para-hydroxylation sites is 2. The van der Waals surface area contributed by atoms with Crippen molar-refractivity contribution in [3.05, 3.63) is 76.6 Å². The zero-order chi connectivity index (χ0) is 23.4. The first-order chi connectivity index (χ1) is 16.0. The van der Waals surface area contributed by atoms with E-state index in [2.05, 4.69) is 35.9 Å². The molecule has 0 bridgehead atoms. The van der Waals surface area contributed by atoms with Gasteiger partial charge in [0.05, 0.1) is 11.0 Å². The summed E-state index contributed by atoms with van der Waals surface area (Å²) in [7, 11) is 0. The van der Waals surface area contributed by atoms with Gasteiger partial charge in [-0.2, -0.15) is 0 Å². The summed E-state index contributed by atoms with van der Waals surface area (Å²) in [5.41, 5.74) is 8.72. The number of hydrogen-bond donors (Lipinski definition) is 2. The summed E-state index contributed by atoms with van der Waals surface area (Å²) in [5, 5.41) is 7.71. The summed E-state index contributed by atoms with van der Waals surface area (Å²) in [4.78, 5) is 20.7. The molecule has 1 aliphatic rings. The number of piperidine rings is 1. The van der Waals surface area contributed by atoms with Crippen LogP contribution in [-0.2, 0) is 6.54 Å². The molecule has 3 N–H and O–H groups in total. The molecule has 0 amide bonds. The number of aromatic nitrogens is 2. The lowest BCUT2D eigenvalue weighted by Crippen LogP contribution is -2.43. The van der Waals surface area contributed by atoms with E-state index in [1.165, 1.54) is 19.3 Å². The van der Waals surface area contributed by atoms with Gasteiger partial charge in [0.25, 0.3) is 5.56 Å². The topological polar surface area (TPSA) is 88.0 Å². The van der Waals surface area contributed by atoms with Gasteiger partial charge in [-0.3, -0.25) is 15.1 Å². The first-order valence-electron chi connectivity index (χ1n) is 11.8. The maximum Gasteiger partial charge on any atom is 0.277 e. The van der Waals surface area contributed by atoms with Gasteiger partial charge in [-0.05, 0) is 51.3 Å². The summed E-state index contributed by atoms with van der Waals surface area (Å²) in [5.74, 6) is -0.0294. The highest BCUT2D eigenvalue weighted by Crippen LogP contribution is 2.22. The van der Waals surface area contributed by atoms with Crippen molar-refractivity contribution in [3.8, 4) is 11.3 Å². The molecule has 4 rings (SSSR count). The number of amidine groups is 1. The molecule has 0 unspecified atom stereocenters. The smallest absolute Gasteiger partial charge is 0.277 e. The number of benzene rings is 2. The lowest BCUT2D eigenvalue weighted by atomic mass is 9.97. The van der Waals surface area contributed by atoms with Gasteiger partial charge < -0.3 is 10.3 Å². The fourth-order valence-corrected chi connectivity index (χ4v) is 4.83. The van der Waals surface area contributed by atoms with Crippen molar-refractivity contribution in [2.45, 2.75) is 58.2 Å². The second kappa shape index (κ2) is 10.1. The van der Waals surface area contributed by atoms with Crippen LogP contribution in [0.15, 0.2) is 65.5 Å². The Morgan fingerprint density at radius 1 is 1.12 bits per heavy atom. The first kappa shape index (κ1) is 22.9. The molecular formula is C27H33N5O. The lowest BCUT2D eigenvalue weighted by Gasteiger charge is -2.38. The van der Waals surface area contributed by atoms with Gasteiger partial charge in [0.15, 0.2) is 0 Å². The Balaban J connectivity index is 1.59. The van der Waals surface area contributed by atoms with Crippen LogP contribution in [0.25, 0.3) is 22.3 Å². The average molecular weight is 444 g/mol. The van der Waals surface area contributed by atoms with E-state index in [0.29, 0.717) is 35.4 Å². The zero-order valence-electron chi connectivity index (χ0n) is 19.5. The fourth-order valence-electron chi connectivity index (χ4n) is 4.83. The number of nitrogens with zero attached hydrogens (tertiary/aromatic N) is 3. The molecule has 0 saturated carbocycles. The number of allylic oxidation sites excluding steroid dienone is 1. The van der Waals surface area contributed by atoms with Crippen LogP contribution in [0.1, 0.15) is 45.1 Å². The number of nitrogens with one attached hydrogen (secondary N) is 1. The zero-order valence-corrected chi connectivity index (χ0v) is 19.5. The molecule has 0 radical (unpaired) electrons. The number of likely N-dealkylation sites (tertiary alicyclic amines) is 1. The fraction of sp³-hybridized carbons (Fsp3) is 0.370. The van der Waals surface area contributed by atoms with Crippen LogP contribution in [0.3, 0.4) is 0 Å². The minimum absolute atomic E-state index is 0.0294. The van der Waals surface area contributed by atoms with Crippen LogP contribution in [0.4, 0.5) is 0 Å². The van der Waals surface area contributed by atoms with Crippen LogP contribution >= 0.6 is 0 Å². The molecule has 33 heavy (non-hydrogen) atoms. The molecule has 1 fully saturated rings. The summed E-state index contributed by atoms with van der Waals surface area (Å²) in [6.45, 7) is 6.19. The molecule has 6 nitrogen and oxygen atoms in total. The van der Waals surface area contributed by atoms with Gasteiger partial charge in [-0.1, -0.05) is 48.9 Å². The average Bonchev–Trinajstić information content (AvgIpc) is 2.81. The number of nitrogen functional groups attached to an aromatic ring is 1. The summed E-state index contributed by atoms with van der Waals surface area (Å²) in [6.07, 6.45) is 9.12. The van der Waals surface area contributed by atoms with E-state index >= 15 is 0 Å². The highest BCUT2D eigenvalue weighted by molar-refractivity contribution is 5.96. The second-order valence-electron chi connectivity index (χ2n) is 8.99. The standard InChI is InChI=1S/C27H33N5O/c1-19-10-8-11-20(2)31(19)16-6-3-7-17-32-24-15-5-4-14-23(24)30-25(27(32)33)21-12-9-13-22(18-21)26(28)29/h3-5,7,9,12-15,18-20H,6,8,10-11,16-17H2,1-2H3,(H3,28,29)/t19-,20+. The Morgan fingerprint density at radius 2 is 1.88 bits per heavy atom. The molecule has 0 spiro atoms. The maximum atomic E-state index is 13.4. The van der Waals surface area contributed by atoms with E-state index in [4.69, 9.17) is 11.1 Å². The van der Waals surface area contributed by atoms with Gasteiger partial charge in [-0.15, -0.1) is 0 Å². The second-order valence-corrected chi connectivity index (χ2v) is 8.99. The van der Waals surface area contributed by atoms with Gasteiger partial charge in [-0.25, -0.2) is 4.98 Å². The SMILES string of the molecule is C[C@@H]1CCC[C@H](C)N1CCC=CCn1c(=O)c(-c2cccc(C(=N)N)c2)nc2ccccc21. The molecule has 3 aromatic rings. The predicted molar refractivity (Wildman–Crippen MR) is 136 cm³/mol. The number of rotatable bonds is 7. The van der Waals surface area contributed by atoms with E-state index in [0.717, 1.165) is 24.0 Å². The Morgan fingerprint density at radius 3 is 2.64 bits per heavy atom. The van der Waals surface area contributed by atoms with Crippen LogP contribution in [-0.4, -0.2) is 38.9 Å². The van der Waals surface area contributed by atoms with E-state index in [-0.39, 0.29) is 11.4 Å². The van der Waals surface area contributed by atoms with Gasteiger partial charge in [0, 0.05) is 36.3 Å². The molecular weight excluding hydrogens is 410 g/mol. The molecule has 1 saturated heterocycles. The van der Waals surface area contributed by atoms with Crippen molar-refractivity contribution in [2.75, 3.05) is 6.54 Å². The maximum absolute atomic E-state index is 13.4. The van der Waals surface area contributed by atoms with Crippen molar-refractivity contribution in [2.24, 2.45) is 5.73 Å². The molecule has 2 atom stereocenters. The monoisotopic (exact) mass is 443 g/mol. The number of hydrogen-bond acceptors (Lipinski definition) is 4. The minimum atomic E-state index is -0.141. The summed E-state index contributed by atoms with van der Waals surface area (Å²) in [6, 6.07) is 16.2. The van der Waals surface area contributed by atoms with Gasteiger partial charge >= 0.3 is 0 Å². The van der Waals surface area contributed by atoms with Crippen molar-refractivity contribution in [1.82, 2.24) is 14.5 Å². The highest BCUT2D eigenvalue weighted by atomic mass is 16.1. The third kappa shape index (κ3) is 5.06. The molecule has 6 heteroatoms. The third-order valence-corrected chi connectivity index (χ3v) is 6.68. The van der Waals surface area contributed by atoms with Crippen molar-refractivity contribution in [1.29, 1.82) is 5.41 Å². The van der Waals surface area contributed by atoms with E-state index in [1.807, 2.05) is 30.3 Å². The van der Waals surface area contributed by atoms with Crippen LogP contribution in [0.5, 0.6) is 0 Å². The number of nitrogens with two attached hydrogens (primary N) is 1. The Bertz CT molecular complexity index is 1220. The number of fused-ring (bicyclic) bond motifs is 1. The molecule has 2 heterocycles. The highest BCUT2D eigenvalue weighted by Gasteiger charge is 2.23. The summed E-state index contributed by atoms with van der Waals surface area (Å²) < 4.78 is 1.78. The molecule has 0 aliphatic carbocycles. The Hall–Kier alpha value is -3.25.